The molecule has 1 aromatic carbocycles. The van der Waals surface area contributed by atoms with E-state index in [4.69, 9.17) is 4.74 Å². The van der Waals surface area contributed by atoms with E-state index in [9.17, 15) is 4.79 Å². The van der Waals surface area contributed by atoms with E-state index in [1.807, 2.05) is 30.3 Å². The van der Waals surface area contributed by atoms with Crippen molar-refractivity contribution < 1.29 is 14.3 Å². The van der Waals surface area contributed by atoms with Crippen molar-refractivity contribution in [3.8, 4) is 0 Å². The summed E-state index contributed by atoms with van der Waals surface area (Å²) in [4.78, 5) is 15.6. The zero-order valence-electron chi connectivity index (χ0n) is 10.3. The number of hydrogen-bond acceptors (Lipinski definition) is 4. The summed E-state index contributed by atoms with van der Waals surface area (Å²) in [6, 6.07) is 7.29. The van der Waals surface area contributed by atoms with Gasteiger partial charge < -0.3 is 9.47 Å². The van der Waals surface area contributed by atoms with Gasteiger partial charge in [0.1, 0.15) is 6.61 Å². The third kappa shape index (κ3) is 2.59. The zero-order valence-corrected chi connectivity index (χ0v) is 10.3. The Labute approximate surface area is 106 Å². The van der Waals surface area contributed by atoms with E-state index < -0.39 is 6.04 Å². The molecule has 2 rings (SSSR count). The van der Waals surface area contributed by atoms with Crippen molar-refractivity contribution in [2.45, 2.75) is 12.5 Å². The average Bonchev–Trinajstić information content (AvgIpc) is 2.88. The predicted octanol–water partition coefficient (Wildman–Crippen LogP) is 1.73. The average molecular weight is 245 g/mol. The summed E-state index contributed by atoms with van der Waals surface area (Å²) in [5, 5.41) is 0. The van der Waals surface area contributed by atoms with Crippen molar-refractivity contribution in [1.82, 2.24) is 0 Å². The number of methoxy groups -OCH3 is 1. The van der Waals surface area contributed by atoms with Crippen molar-refractivity contribution in [2.75, 3.05) is 13.7 Å². The first-order chi connectivity index (χ1) is 8.74. The number of aliphatic imine (C=N–C) groups is 1. The zero-order chi connectivity index (χ0) is 13.0. The van der Waals surface area contributed by atoms with E-state index in [1.165, 1.54) is 7.11 Å². The van der Waals surface area contributed by atoms with Crippen LogP contribution in [0.15, 0.2) is 41.9 Å². The molecular weight excluding hydrogens is 230 g/mol. The Morgan fingerprint density at radius 1 is 1.67 bits per heavy atom. The normalized spacial score (nSPS) is 17.8. The molecule has 0 saturated carbocycles. The summed E-state index contributed by atoms with van der Waals surface area (Å²) in [7, 11) is 1.35. The molecule has 0 N–H and O–H groups in total. The van der Waals surface area contributed by atoms with Gasteiger partial charge in [0.2, 0.25) is 5.90 Å². The fourth-order valence-corrected chi connectivity index (χ4v) is 1.79. The summed E-state index contributed by atoms with van der Waals surface area (Å²) in [5.41, 5.74) is 2.01. The second-order valence-corrected chi connectivity index (χ2v) is 3.98. The van der Waals surface area contributed by atoms with Gasteiger partial charge in [-0.1, -0.05) is 18.2 Å². The maximum atomic E-state index is 11.3. The van der Waals surface area contributed by atoms with Gasteiger partial charge in [0.05, 0.1) is 7.11 Å². The number of carbonyl (C=O) groups is 1. The smallest absolute Gasteiger partial charge is 0.334 e. The first-order valence-corrected chi connectivity index (χ1v) is 5.73. The number of rotatable bonds is 4. The summed E-state index contributed by atoms with van der Waals surface area (Å²) in [5.74, 6) is 0.128. The van der Waals surface area contributed by atoms with E-state index in [1.54, 1.807) is 0 Å². The second kappa shape index (κ2) is 5.49. The molecule has 0 amide bonds. The van der Waals surface area contributed by atoms with Gasteiger partial charge in [0.15, 0.2) is 6.04 Å². The highest BCUT2D eigenvalue weighted by Crippen LogP contribution is 2.15. The third-order valence-corrected chi connectivity index (χ3v) is 2.68. The minimum absolute atomic E-state index is 0.244. The van der Waals surface area contributed by atoms with Crippen LogP contribution in [0.1, 0.15) is 11.1 Å². The largest absolute Gasteiger partial charge is 0.475 e. The summed E-state index contributed by atoms with van der Waals surface area (Å²) in [6.07, 6.45) is 2.63. The van der Waals surface area contributed by atoms with E-state index in [0.717, 1.165) is 17.5 Å². The minimum Gasteiger partial charge on any atom is -0.475 e. The van der Waals surface area contributed by atoms with Gasteiger partial charge in [0, 0.05) is 5.56 Å². The lowest BCUT2D eigenvalue weighted by Crippen LogP contribution is -2.21. The molecule has 0 bridgehead atoms. The maximum absolute atomic E-state index is 11.3. The molecule has 4 nitrogen and oxygen atoms in total. The highest BCUT2D eigenvalue weighted by atomic mass is 16.5. The topological polar surface area (TPSA) is 47.9 Å². The van der Waals surface area contributed by atoms with Crippen molar-refractivity contribution in [3.63, 3.8) is 0 Å². The van der Waals surface area contributed by atoms with Gasteiger partial charge in [-0.15, -0.1) is 6.58 Å². The van der Waals surface area contributed by atoms with Crippen LogP contribution in [-0.4, -0.2) is 31.6 Å². The summed E-state index contributed by atoms with van der Waals surface area (Å²) >= 11 is 0. The van der Waals surface area contributed by atoms with Crippen LogP contribution < -0.4 is 0 Å². The number of nitrogens with zero attached hydrogens (tertiary/aromatic N) is 1. The molecule has 4 heteroatoms. The van der Waals surface area contributed by atoms with E-state index in [0.29, 0.717) is 5.90 Å². The molecule has 1 aliphatic heterocycles. The lowest BCUT2D eigenvalue weighted by atomic mass is 10.1. The van der Waals surface area contributed by atoms with Crippen molar-refractivity contribution in [3.05, 3.63) is 48.0 Å². The number of ether oxygens (including phenoxy) is 2. The number of benzene rings is 1. The molecule has 0 aromatic heterocycles. The van der Waals surface area contributed by atoms with E-state index in [-0.39, 0.29) is 12.6 Å². The first kappa shape index (κ1) is 12.4. The van der Waals surface area contributed by atoms with Crippen LogP contribution in [0.3, 0.4) is 0 Å². The van der Waals surface area contributed by atoms with Crippen LogP contribution in [0.2, 0.25) is 0 Å². The van der Waals surface area contributed by atoms with Crippen LogP contribution in [0, 0.1) is 0 Å². The van der Waals surface area contributed by atoms with Crippen molar-refractivity contribution in [1.29, 1.82) is 0 Å². The molecule has 0 radical (unpaired) electrons. The summed E-state index contributed by atoms with van der Waals surface area (Å²) in [6.45, 7) is 3.95. The number of esters is 1. The number of allylic oxidation sites excluding steroid dienone is 1. The fourth-order valence-electron chi connectivity index (χ4n) is 1.79. The van der Waals surface area contributed by atoms with Crippen LogP contribution in [0.4, 0.5) is 0 Å². The Morgan fingerprint density at radius 2 is 2.50 bits per heavy atom. The Hall–Kier alpha value is -2.10. The molecule has 0 spiro atoms. The van der Waals surface area contributed by atoms with Gasteiger partial charge in [-0.3, -0.25) is 0 Å². The molecule has 94 valence electrons. The molecular formula is C14H15NO3. The van der Waals surface area contributed by atoms with E-state index in [2.05, 4.69) is 16.3 Å². The molecule has 0 saturated heterocycles. The highest BCUT2D eigenvalue weighted by molar-refractivity contribution is 5.97. The Kier molecular flexibility index (Phi) is 3.77. The van der Waals surface area contributed by atoms with Gasteiger partial charge in [-0.25, -0.2) is 9.79 Å². The van der Waals surface area contributed by atoms with Crippen LogP contribution in [0.25, 0.3) is 0 Å². The SMILES string of the molecule is C=CCc1cccc(C2=N[C@@H](C(=O)OC)CO2)c1. The molecule has 1 heterocycles. The first-order valence-electron chi connectivity index (χ1n) is 5.73. The number of hydrogen-bond donors (Lipinski definition) is 0. The Morgan fingerprint density at radius 3 is 3.22 bits per heavy atom. The van der Waals surface area contributed by atoms with E-state index >= 15 is 0 Å². The van der Waals surface area contributed by atoms with Crippen molar-refractivity contribution >= 4 is 11.9 Å². The van der Waals surface area contributed by atoms with Crippen molar-refractivity contribution in [2.24, 2.45) is 4.99 Å². The molecule has 1 aliphatic rings. The van der Waals surface area contributed by atoms with Gasteiger partial charge >= 0.3 is 5.97 Å². The third-order valence-electron chi connectivity index (χ3n) is 2.68. The van der Waals surface area contributed by atoms with Gasteiger partial charge in [-0.2, -0.15) is 0 Å². The molecule has 0 unspecified atom stereocenters. The van der Waals surface area contributed by atoms with Crippen LogP contribution >= 0.6 is 0 Å². The molecule has 0 fully saturated rings. The van der Waals surface area contributed by atoms with Gasteiger partial charge in [0.25, 0.3) is 0 Å². The standard InChI is InChI=1S/C14H15NO3/c1-3-5-10-6-4-7-11(8-10)13-15-12(9-18-13)14(16)17-2/h3-4,6-8,12H,1,5,9H2,2H3/t12-/m1/s1. The minimum atomic E-state index is -0.548. The maximum Gasteiger partial charge on any atom is 0.334 e. The molecule has 18 heavy (non-hydrogen) atoms. The fraction of sp³-hybridized carbons (Fsp3) is 0.286. The predicted molar refractivity (Wildman–Crippen MR) is 68.6 cm³/mol. The molecule has 1 atom stereocenters. The lowest BCUT2D eigenvalue weighted by molar-refractivity contribution is -0.142. The highest BCUT2D eigenvalue weighted by Gasteiger charge is 2.27. The quantitative estimate of drug-likeness (QED) is 0.599. The Balaban J connectivity index is 2.19. The molecule has 1 aromatic rings. The molecule has 0 aliphatic carbocycles. The monoisotopic (exact) mass is 245 g/mol. The van der Waals surface area contributed by atoms with Gasteiger partial charge in [-0.05, 0) is 24.1 Å². The lowest BCUT2D eigenvalue weighted by Gasteiger charge is -2.03. The van der Waals surface area contributed by atoms with Crippen LogP contribution in [-0.2, 0) is 20.7 Å². The number of carbonyl (C=O) groups excluding carboxylic acids is 1. The Bertz CT molecular complexity index is 494. The summed E-state index contributed by atoms with van der Waals surface area (Å²) < 4.78 is 10.1. The van der Waals surface area contributed by atoms with Crippen LogP contribution in [0.5, 0.6) is 0 Å². The second-order valence-electron chi connectivity index (χ2n) is 3.98.